The first-order valence-corrected chi connectivity index (χ1v) is 3.11. The lowest BCUT2D eigenvalue weighted by Crippen LogP contribution is -2.18. The molecule has 2 N–H and O–H groups in total. The average Bonchev–Trinajstić information content (AvgIpc) is 2.05. The van der Waals surface area contributed by atoms with E-state index in [4.69, 9.17) is 17.4 Å². The number of nitrogens with one attached hydrogen (secondary N) is 1. The summed E-state index contributed by atoms with van der Waals surface area (Å²) in [4.78, 5) is 4.12. The standard InChI is InChI=1S/C6H6N2OS/c9-8-6(10)5-3-1-2-4-7-5/h1-4,9H,(H,8,10). The zero-order chi connectivity index (χ0) is 7.40. The fraction of sp³-hybridized carbons (Fsp3) is 0. The molecule has 10 heavy (non-hydrogen) atoms. The molecule has 0 amide bonds. The van der Waals surface area contributed by atoms with E-state index in [0.717, 1.165) is 0 Å². The molecule has 0 atom stereocenters. The summed E-state index contributed by atoms with van der Waals surface area (Å²) in [5.41, 5.74) is 2.42. The molecule has 0 saturated carbocycles. The van der Waals surface area contributed by atoms with Gasteiger partial charge in [0.2, 0.25) is 0 Å². The second kappa shape index (κ2) is 3.24. The number of hydrogen-bond donors (Lipinski definition) is 2. The van der Waals surface area contributed by atoms with Crippen molar-refractivity contribution in [3.63, 3.8) is 0 Å². The van der Waals surface area contributed by atoms with Gasteiger partial charge in [-0.3, -0.25) is 15.7 Å². The minimum atomic E-state index is 0.237. The van der Waals surface area contributed by atoms with E-state index in [1.807, 2.05) is 5.48 Å². The summed E-state index contributed by atoms with van der Waals surface area (Å²) in [6.45, 7) is 0. The van der Waals surface area contributed by atoms with Gasteiger partial charge in [0, 0.05) is 6.20 Å². The maximum absolute atomic E-state index is 8.36. The Hall–Kier alpha value is -1.00. The van der Waals surface area contributed by atoms with Crippen molar-refractivity contribution in [1.29, 1.82) is 0 Å². The van der Waals surface area contributed by atoms with Gasteiger partial charge in [0.25, 0.3) is 0 Å². The van der Waals surface area contributed by atoms with Crippen molar-refractivity contribution < 1.29 is 5.21 Å². The van der Waals surface area contributed by atoms with Crippen molar-refractivity contribution in [3.05, 3.63) is 30.1 Å². The Kier molecular flexibility index (Phi) is 2.30. The second-order valence-corrected chi connectivity index (χ2v) is 2.06. The lowest BCUT2D eigenvalue weighted by molar-refractivity contribution is 0.237. The Bertz CT molecular complexity index is 224. The fourth-order valence-corrected chi connectivity index (χ4v) is 0.675. The van der Waals surface area contributed by atoms with Crippen molar-refractivity contribution >= 4 is 17.2 Å². The molecule has 0 aliphatic heterocycles. The van der Waals surface area contributed by atoms with Gasteiger partial charge in [-0.15, -0.1) is 0 Å². The molecule has 1 heterocycles. The first-order valence-electron chi connectivity index (χ1n) is 2.70. The van der Waals surface area contributed by atoms with Crippen molar-refractivity contribution in [2.45, 2.75) is 0 Å². The highest BCUT2D eigenvalue weighted by molar-refractivity contribution is 7.80. The molecule has 0 bridgehead atoms. The number of thiocarbonyl (C=S) groups is 1. The zero-order valence-corrected chi connectivity index (χ0v) is 5.93. The molecule has 0 aliphatic carbocycles. The summed E-state index contributed by atoms with van der Waals surface area (Å²) >= 11 is 4.70. The maximum Gasteiger partial charge on any atom is 0.149 e. The predicted molar refractivity (Wildman–Crippen MR) is 40.9 cm³/mol. The minimum Gasteiger partial charge on any atom is -0.290 e. The quantitative estimate of drug-likeness (QED) is 0.462. The van der Waals surface area contributed by atoms with Gasteiger partial charge in [-0.05, 0) is 12.1 Å². The molecule has 1 rings (SSSR count). The van der Waals surface area contributed by atoms with Crippen molar-refractivity contribution in [3.8, 4) is 0 Å². The van der Waals surface area contributed by atoms with E-state index in [9.17, 15) is 0 Å². The van der Waals surface area contributed by atoms with Crippen LogP contribution < -0.4 is 5.48 Å². The number of aromatic nitrogens is 1. The summed E-state index contributed by atoms with van der Waals surface area (Å²) in [6.07, 6.45) is 1.61. The van der Waals surface area contributed by atoms with E-state index in [1.54, 1.807) is 24.4 Å². The molecule has 0 fully saturated rings. The first kappa shape index (κ1) is 7.11. The van der Waals surface area contributed by atoms with E-state index in [2.05, 4.69) is 4.98 Å². The molecule has 1 aromatic heterocycles. The Morgan fingerprint density at radius 1 is 1.60 bits per heavy atom. The van der Waals surface area contributed by atoms with Crippen molar-refractivity contribution in [1.82, 2.24) is 10.5 Å². The molecule has 0 spiro atoms. The molecule has 0 aromatic carbocycles. The van der Waals surface area contributed by atoms with Crippen LogP contribution in [0.4, 0.5) is 0 Å². The van der Waals surface area contributed by atoms with Crippen LogP contribution in [-0.4, -0.2) is 15.2 Å². The SMILES string of the molecule is ONC(=S)c1ccccn1. The number of nitrogens with zero attached hydrogens (tertiary/aromatic N) is 1. The third kappa shape index (κ3) is 1.49. The molecular weight excluding hydrogens is 148 g/mol. The van der Waals surface area contributed by atoms with E-state index in [-0.39, 0.29) is 4.99 Å². The topological polar surface area (TPSA) is 45.1 Å². The Morgan fingerprint density at radius 3 is 2.90 bits per heavy atom. The lowest BCUT2D eigenvalue weighted by atomic mass is 10.3. The Labute approximate surface area is 63.7 Å². The Morgan fingerprint density at radius 2 is 2.40 bits per heavy atom. The average molecular weight is 154 g/mol. The molecule has 0 unspecified atom stereocenters. The van der Waals surface area contributed by atoms with Crippen molar-refractivity contribution in [2.24, 2.45) is 0 Å². The molecule has 0 saturated heterocycles. The first-order chi connectivity index (χ1) is 4.84. The minimum absolute atomic E-state index is 0.237. The van der Waals surface area contributed by atoms with Gasteiger partial charge in [-0.1, -0.05) is 18.3 Å². The molecule has 0 aliphatic rings. The van der Waals surface area contributed by atoms with Gasteiger partial charge < -0.3 is 0 Å². The van der Waals surface area contributed by atoms with E-state index >= 15 is 0 Å². The lowest BCUT2D eigenvalue weighted by Gasteiger charge is -1.97. The normalized spacial score (nSPS) is 8.90. The third-order valence-corrected chi connectivity index (χ3v) is 1.30. The van der Waals surface area contributed by atoms with E-state index in [1.165, 1.54) is 0 Å². The molecule has 52 valence electrons. The van der Waals surface area contributed by atoms with Gasteiger partial charge in [-0.2, -0.15) is 0 Å². The number of hydroxylamine groups is 1. The molecule has 1 aromatic rings. The molecule has 4 heteroatoms. The highest BCUT2D eigenvalue weighted by Crippen LogP contribution is 1.92. The predicted octanol–water partition coefficient (Wildman–Crippen LogP) is 0.736. The van der Waals surface area contributed by atoms with E-state index < -0.39 is 0 Å². The van der Waals surface area contributed by atoms with Crippen LogP contribution in [-0.2, 0) is 0 Å². The highest BCUT2D eigenvalue weighted by atomic mass is 32.1. The van der Waals surface area contributed by atoms with E-state index in [0.29, 0.717) is 5.69 Å². The van der Waals surface area contributed by atoms with Crippen LogP contribution in [0.1, 0.15) is 5.69 Å². The van der Waals surface area contributed by atoms with Crippen LogP contribution >= 0.6 is 12.2 Å². The van der Waals surface area contributed by atoms with Crippen LogP contribution in [0.15, 0.2) is 24.4 Å². The number of hydrogen-bond acceptors (Lipinski definition) is 3. The number of pyridine rings is 1. The third-order valence-electron chi connectivity index (χ3n) is 0.999. The number of rotatable bonds is 1. The largest absolute Gasteiger partial charge is 0.290 e. The van der Waals surface area contributed by atoms with Crippen LogP contribution in [0.3, 0.4) is 0 Å². The fourth-order valence-electron chi connectivity index (χ4n) is 0.554. The summed E-state index contributed by atoms with van der Waals surface area (Å²) < 4.78 is 0. The smallest absolute Gasteiger partial charge is 0.149 e. The zero-order valence-electron chi connectivity index (χ0n) is 5.11. The van der Waals surface area contributed by atoms with Crippen LogP contribution in [0.5, 0.6) is 0 Å². The van der Waals surface area contributed by atoms with Crippen LogP contribution in [0.2, 0.25) is 0 Å². The van der Waals surface area contributed by atoms with Gasteiger partial charge >= 0.3 is 0 Å². The van der Waals surface area contributed by atoms with Crippen molar-refractivity contribution in [2.75, 3.05) is 0 Å². The van der Waals surface area contributed by atoms with Gasteiger partial charge in [0.1, 0.15) is 4.99 Å². The summed E-state index contributed by atoms with van der Waals surface area (Å²) in [5.74, 6) is 0. The van der Waals surface area contributed by atoms with Crippen LogP contribution in [0.25, 0.3) is 0 Å². The molecular formula is C6H6N2OS. The Balaban J connectivity index is 2.85. The molecule has 0 radical (unpaired) electrons. The maximum atomic E-state index is 8.36. The highest BCUT2D eigenvalue weighted by Gasteiger charge is 1.96. The monoisotopic (exact) mass is 154 g/mol. The summed E-state index contributed by atoms with van der Waals surface area (Å²) in [5, 5.41) is 8.36. The summed E-state index contributed by atoms with van der Waals surface area (Å²) in [6, 6.07) is 5.29. The second-order valence-electron chi connectivity index (χ2n) is 1.66. The van der Waals surface area contributed by atoms with Crippen LogP contribution in [0, 0.1) is 0 Å². The van der Waals surface area contributed by atoms with Gasteiger partial charge in [0.15, 0.2) is 0 Å². The summed E-state index contributed by atoms with van der Waals surface area (Å²) in [7, 11) is 0. The van der Waals surface area contributed by atoms with Gasteiger partial charge in [-0.25, -0.2) is 0 Å². The molecule has 3 nitrogen and oxygen atoms in total. The van der Waals surface area contributed by atoms with Gasteiger partial charge in [0.05, 0.1) is 5.69 Å².